The largest absolute Gasteiger partial charge is 0.489 e. The van der Waals surface area contributed by atoms with Gasteiger partial charge >= 0.3 is 5.97 Å². The highest BCUT2D eigenvalue weighted by atomic mass is 35.5. The lowest BCUT2D eigenvalue weighted by Crippen LogP contribution is -2.54. The molecule has 0 aliphatic carbocycles. The quantitative estimate of drug-likeness (QED) is 0.216. The van der Waals surface area contributed by atoms with Gasteiger partial charge in [-0.05, 0) is 55.8 Å². The zero-order valence-electron chi connectivity index (χ0n) is 22.5. The number of carboxylic acid groups (broad SMARTS) is 1. The summed E-state index contributed by atoms with van der Waals surface area (Å²) < 4.78 is 5.77. The van der Waals surface area contributed by atoms with Gasteiger partial charge in [0.1, 0.15) is 24.0 Å². The van der Waals surface area contributed by atoms with Gasteiger partial charge in [-0.1, -0.05) is 41.4 Å². The van der Waals surface area contributed by atoms with Crippen LogP contribution in [0.4, 0.5) is 11.4 Å². The third-order valence-corrected chi connectivity index (χ3v) is 7.64. The number of rotatable bonds is 10. The van der Waals surface area contributed by atoms with Crippen molar-refractivity contribution in [3.8, 4) is 5.75 Å². The third-order valence-electron chi connectivity index (χ3n) is 6.93. The van der Waals surface area contributed by atoms with E-state index < -0.39 is 28.5 Å². The molecule has 1 saturated heterocycles. The van der Waals surface area contributed by atoms with E-state index in [4.69, 9.17) is 27.9 Å². The zero-order chi connectivity index (χ0) is 29.7. The first kappa shape index (κ1) is 30.1. The molecule has 0 bridgehead atoms. The Morgan fingerprint density at radius 2 is 1.83 bits per heavy atom. The van der Waals surface area contributed by atoms with Gasteiger partial charge in [0, 0.05) is 59.0 Å². The van der Waals surface area contributed by atoms with Gasteiger partial charge in [0.2, 0.25) is 0 Å². The summed E-state index contributed by atoms with van der Waals surface area (Å²) in [7, 11) is 0. The second-order valence-electron chi connectivity index (χ2n) is 9.97. The number of amides is 1. The Labute approximate surface area is 247 Å². The molecule has 1 aliphatic rings. The van der Waals surface area contributed by atoms with Gasteiger partial charge in [0.15, 0.2) is 0 Å². The lowest BCUT2D eigenvalue weighted by Gasteiger charge is -2.39. The monoisotopic (exact) mass is 600 g/mol. The van der Waals surface area contributed by atoms with Gasteiger partial charge in [0.05, 0.1) is 4.92 Å². The van der Waals surface area contributed by atoms with Crippen molar-refractivity contribution < 1.29 is 24.4 Å². The number of halogens is 2. The average Bonchev–Trinajstić information content (AvgIpc) is 2.94. The number of carbonyl (C=O) groups excluding carboxylic acids is 1. The molecule has 41 heavy (non-hydrogen) atoms. The van der Waals surface area contributed by atoms with Gasteiger partial charge < -0.3 is 25.4 Å². The Hall–Kier alpha value is -3.86. The molecule has 216 valence electrons. The maximum atomic E-state index is 13.2. The molecule has 3 atom stereocenters. The van der Waals surface area contributed by atoms with E-state index in [2.05, 4.69) is 15.5 Å². The Balaban J connectivity index is 1.47. The lowest BCUT2D eigenvalue weighted by molar-refractivity contribution is -0.385. The minimum atomic E-state index is -1.32. The summed E-state index contributed by atoms with van der Waals surface area (Å²) in [6, 6.07) is 15.2. The van der Waals surface area contributed by atoms with Crippen LogP contribution in [0.2, 0.25) is 10.0 Å². The molecule has 1 aliphatic heterocycles. The Morgan fingerprint density at radius 3 is 2.46 bits per heavy atom. The highest BCUT2D eigenvalue weighted by Gasteiger charge is 2.29. The van der Waals surface area contributed by atoms with E-state index in [1.54, 1.807) is 48.5 Å². The van der Waals surface area contributed by atoms with Crippen molar-refractivity contribution in [3.63, 3.8) is 0 Å². The summed E-state index contributed by atoms with van der Waals surface area (Å²) in [6.45, 7) is 5.57. The number of nitro benzene ring substituents is 1. The van der Waals surface area contributed by atoms with Crippen molar-refractivity contribution in [1.82, 2.24) is 10.6 Å². The molecule has 0 radical (unpaired) electrons. The average molecular weight is 601 g/mol. The number of benzene rings is 3. The number of carboxylic acids is 1. The highest BCUT2D eigenvalue weighted by molar-refractivity contribution is 6.35. The van der Waals surface area contributed by atoms with Crippen molar-refractivity contribution >= 4 is 46.5 Å². The molecule has 1 heterocycles. The van der Waals surface area contributed by atoms with E-state index >= 15 is 0 Å². The summed E-state index contributed by atoms with van der Waals surface area (Å²) >= 11 is 12.4. The number of piperazine rings is 1. The minimum absolute atomic E-state index is 0.0441. The zero-order valence-corrected chi connectivity index (χ0v) is 24.0. The molecule has 3 aromatic rings. The van der Waals surface area contributed by atoms with E-state index in [1.807, 2.05) is 13.8 Å². The molecule has 1 amide bonds. The minimum Gasteiger partial charge on any atom is -0.489 e. The van der Waals surface area contributed by atoms with E-state index in [0.717, 1.165) is 6.54 Å². The van der Waals surface area contributed by atoms with E-state index in [-0.39, 0.29) is 30.7 Å². The molecule has 12 heteroatoms. The SMILES string of the molecule is CC1CN(c2ccc([N+](=O)[O-])c(C(=O)NC(Cc3ccc(OCc4c(Cl)cccc4Cl)cc3)C(=O)O)c2)C(C)CN1. The Bertz CT molecular complexity index is 1420. The first-order valence-corrected chi connectivity index (χ1v) is 13.8. The third kappa shape index (κ3) is 7.46. The van der Waals surface area contributed by atoms with Crippen molar-refractivity contribution in [2.45, 2.75) is 45.0 Å². The first-order chi connectivity index (χ1) is 19.5. The number of ether oxygens (including phenoxy) is 1. The maximum absolute atomic E-state index is 13.2. The van der Waals surface area contributed by atoms with Crippen LogP contribution >= 0.6 is 23.2 Å². The molecule has 3 aromatic carbocycles. The number of nitrogens with one attached hydrogen (secondary N) is 2. The van der Waals surface area contributed by atoms with Crippen LogP contribution in [-0.2, 0) is 17.8 Å². The van der Waals surface area contributed by atoms with Gasteiger partial charge in [-0.25, -0.2) is 4.79 Å². The fourth-order valence-electron chi connectivity index (χ4n) is 4.64. The molecule has 0 saturated carbocycles. The van der Waals surface area contributed by atoms with Gasteiger partial charge in [-0.15, -0.1) is 0 Å². The van der Waals surface area contributed by atoms with Crippen LogP contribution in [0.1, 0.15) is 35.3 Å². The fourth-order valence-corrected chi connectivity index (χ4v) is 5.15. The number of anilines is 1. The fraction of sp³-hybridized carbons (Fsp3) is 0.310. The first-order valence-electron chi connectivity index (χ1n) is 13.0. The maximum Gasteiger partial charge on any atom is 0.326 e. The summed E-state index contributed by atoms with van der Waals surface area (Å²) in [5.41, 5.74) is 1.33. The Kier molecular flexibility index (Phi) is 9.69. The number of nitrogens with zero attached hydrogens (tertiary/aromatic N) is 2. The predicted molar refractivity (Wildman–Crippen MR) is 157 cm³/mol. The number of hydrogen-bond donors (Lipinski definition) is 3. The Morgan fingerprint density at radius 1 is 1.15 bits per heavy atom. The molecule has 3 unspecified atom stereocenters. The standard InChI is InChI=1S/C29H30Cl2N4O6/c1-17-15-34(18(2)14-32-17)20-8-11-27(35(39)40)22(13-20)28(36)33-26(29(37)38)12-19-6-9-21(10-7-19)41-16-23-24(30)4-3-5-25(23)31/h3-11,13,17-18,26,32H,12,14-16H2,1-2H3,(H,33,36)(H,37,38). The van der Waals surface area contributed by atoms with Crippen LogP contribution in [0.3, 0.4) is 0 Å². The summed E-state index contributed by atoms with van der Waals surface area (Å²) in [5.74, 6) is -1.58. The van der Waals surface area contributed by atoms with Crippen molar-refractivity contribution in [3.05, 3.63) is 97.5 Å². The molecule has 0 spiro atoms. The van der Waals surface area contributed by atoms with Crippen molar-refractivity contribution in [1.29, 1.82) is 0 Å². The van der Waals surface area contributed by atoms with Crippen molar-refractivity contribution in [2.75, 3.05) is 18.0 Å². The molecular formula is C29H30Cl2N4O6. The van der Waals surface area contributed by atoms with Crippen LogP contribution in [0.5, 0.6) is 5.75 Å². The van der Waals surface area contributed by atoms with Gasteiger partial charge in [0.25, 0.3) is 11.6 Å². The number of carbonyl (C=O) groups is 2. The molecule has 4 rings (SSSR count). The van der Waals surface area contributed by atoms with Crippen LogP contribution in [0, 0.1) is 10.1 Å². The topological polar surface area (TPSA) is 134 Å². The highest BCUT2D eigenvalue weighted by Crippen LogP contribution is 2.28. The van der Waals surface area contributed by atoms with E-state index in [9.17, 15) is 24.8 Å². The second-order valence-corrected chi connectivity index (χ2v) is 10.8. The molecule has 3 N–H and O–H groups in total. The van der Waals surface area contributed by atoms with Crippen LogP contribution in [0.15, 0.2) is 60.7 Å². The summed E-state index contributed by atoms with van der Waals surface area (Å²) in [5, 5.41) is 28.3. The van der Waals surface area contributed by atoms with Gasteiger partial charge in [-0.3, -0.25) is 14.9 Å². The smallest absolute Gasteiger partial charge is 0.326 e. The van der Waals surface area contributed by atoms with Crippen LogP contribution < -0.4 is 20.3 Å². The van der Waals surface area contributed by atoms with Gasteiger partial charge in [-0.2, -0.15) is 0 Å². The summed E-state index contributed by atoms with van der Waals surface area (Å²) in [6.07, 6.45) is -0.0441. The lowest BCUT2D eigenvalue weighted by atomic mass is 10.0. The normalized spacial score (nSPS) is 17.5. The molecular weight excluding hydrogens is 571 g/mol. The number of aliphatic carboxylic acids is 1. The van der Waals surface area contributed by atoms with E-state index in [1.165, 1.54) is 12.1 Å². The van der Waals surface area contributed by atoms with Crippen LogP contribution in [0.25, 0.3) is 0 Å². The molecule has 1 fully saturated rings. The molecule has 0 aromatic heterocycles. The van der Waals surface area contributed by atoms with E-state index in [0.29, 0.717) is 39.2 Å². The molecule has 10 nitrogen and oxygen atoms in total. The van der Waals surface area contributed by atoms with Crippen LogP contribution in [-0.4, -0.2) is 53.1 Å². The second kappa shape index (κ2) is 13.2. The number of nitro groups is 1. The predicted octanol–water partition coefficient (Wildman–Crippen LogP) is 5.09. The summed E-state index contributed by atoms with van der Waals surface area (Å²) in [4.78, 5) is 38.4. The number of hydrogen-bond acceptors (Lipinski definition) is 7. The van der Waals surface area contributed by atoms with Crippen molar-refractivity contribution in [2.24, 2.45) is 0 Å².